The second-order valence-corrected chi connectivity index (χ2v) is 23.0. The minimum absolute atomic E-state index is 0.176. The highest BCUT2D eigenvalue weighted by atomic mass is 16.7. The van der Waals surface area contributed by atoms with E-state index in [-0.39, 0.29) is 32.2 Å². The molecule has 0 radical (unpaired) electrons. The molecule has 0 aliphatic carbocycles. The first-order chi connectivity index (χ1) is 39.6. The number of hydrogen-bond acceptors (Lipinski definition) is 7. The van der Waals surface area contributed by atoms with Crippen molar-refractivity contribution in [1.82, 2.24) is 0 Å². The number of allylic oxidation sites excluding steroid dienone is 18. The lowest BCUT2D eigenvalue weighted by Gasteiger charge is -2.25. The molecule has 0 aliphatic heterocycles. The van der Waals surface area contributed by atoms with E-state index >= 15 is 0 Å². The summed E-state index contributed by atoms with van der Waals surface area (Å²) < 4.78 is 22.9. The molecule has 1 N–H and O–H groups in total. The van der Waals surface area contributed by atoms with Gasteiger partial charge in [-0.2, -0.15) is 0 Å². The Bertz CT molecular complexity index is 1700. The summed E-state index contributed by atoms with van der Waals surface area (Å²) in [5, 5.41) is 9.73. The van der Waals surface area contributed by atoms with Crippen LogP contribution in [0.3, 0.4) is 0 Å². The Kier molecular flexibility index (Phi) is 58.9. The van der Waals surface area contributed by atoms with Crippen molar-refractivity contribution >= 4 is 17.9 Å². The summed E-state index contributed by atoms with van der Waals surface area (Å²) in [5.41, 5.74) is 0. The van der Waals surface area contributed by atoms with E-state index in [4.69, 9.17) is 18.9 Å². The zero-order chi connectivity index (χ0) is 59.1. The molecular formula is C72H124NO8+. The third-order valence-corrected chi connectivity index (χ3v) is 14.0. The van der Waals surface area contributed by atoms with Gasteiger partial charge in [0.15, 0.2) is 6.10 Å². The molecule has 0 aliphatic rings. The number of carboxylic acid groups (broad SMARTS) is 1. The van der Waals surface area contributed by atoms with Crippen molar-refractivity contribution in [3.8, 4) is 0 Å². The second-order valence-electron chi connectivity index (χ2n) is 23.0. The molecule has 0 fully saturated rings. The third-order valence-electron chi connectivity index (χ3n) is 14.0. The van der Waals surface area contributed by atoms with E-state index in [2.05, 4.69) is 123 Å². The molecule has 81 heavy (non-hydrogen) atoms. The number of unbranched alkanes of at least 4 members (excludes halogenated alkanes) is 27. The van der Waals surface area contributed by atoms with Gasteiger partial charge in [-0.25, -0.2) is 4.79 Å². The highest BCUT2D eigenvalue weighted by Gasteiger charge is 2.25. The van der Waals surface area contributed by atoms with Gasteiger partial charge >= 0.3 is 17.9 Å². The van der Waals surface area contributed by atoms with E-state index in [1.54, 1.807) is 0 Å². The van der Waals surface area contributed by atoms with Crippen LogP contribution in [0.5, 0.6) is 0 Å². The molecular weight excluding hydrogens is 1010 g/mol. The Morgan fingerprint density at radius 2 is 0.704 bits per heavy atom. The Morgan fingerprint density at radius 1 is 0.383 bits per heavy atom. The highest BCUT2D eigenvalue weighted by molar-refractivity contribution is 5.71. The fourth-order valence-electron chi connectivity index (χ4n) is 8.97. The van der Waals surface area contributed by atoms with Crippen molar-refractivity contribution in [3.05, 3.63) is 109 Å². The zero-order valence-corrected chi connectivity index (χ0v) is 52.9. The molecule has 0 aromatic heterocycles. The number of aliphatic carboxylic acids is 1. The first kappa shape index (κ1) is 77.0. The molecule has 9 heteroatoms. The number of ether oxygens (including phenoxy) is 4. The molecule has 0 aromatic rings. The van der Waals surface area contributed by atoms with Crippen LogP contribution in [0.4, 0.5) is 0 Å². The summed E-state index contributed by atoms with van der Waals surface area (Å²) in [4.78, 5) is 37.5. The van der Waals surface area contributed by atoms with Gasteiger partial charge in [0.05, 0.1) is 34.4 Å². The SMILES string of the molecule is CC/C=C\C/C=C\C/C=C\C/C=C\C/C=C\C/C=C\C/C=C\CCCCCC(=O)OC(COC(=O)CCCCCCCCCCCCCCCCCCCCC/C=C\C/C=C\CCCCCCC)COC(OCC[N+](C)(C)C)C(=O)O. The zero-order valence-electron chi connectivity index (χ0n) is 52.9. The predicted molar refractivity (Wildman–Crippen MR) is 345 cm³/mol. The number of hydrogen-bond donors (Lipinski definition) is 1. The van der Waals surface area contributed by atoms with Gasteiger partial charge in [0.1, 0.15) is 13.2 Å². The van der Waals surface area contributed by atoms with Crippen LogP contribution in [0.1, 0.15) is 271 Å². The lowest BCUT2D eigenvalue weighted by Crippen LogP contribution is -2.40. The summed E-state index contributed by atoms with van der Waals surface area (Å²) in [5.74, 6) is -2.05. The van der Waals surface area contributed by atoms with E-state index in [0.717, 1.165) is 89.9 Å². The van der Waals surface area contributed by atoms with E-state index < -0.39 is 24.3 Å². The Labute approximate surface area is 498 Å². The Balaban J connectivity index is 4.20. The van der Waals surface area contributed by atoms with Crippen LogP contribution >= 0.6 is 0 Å². The quantitative estimate of drug-likeness (QED) is 0.0211. The van der Waals surface area contributed by atoms with Gasteiger partial charge in [-0.05, 0) is 103 Å². The number of quaternary nitrogens is 1. The minimum Gasteiger partial charge on any atom is -0.477 e. The van der Waals surface area contributed by atoms with Gasteiger partial charge in [0.2, 0.25) is 0 Å². The lowest BCUT2D eigenvalue weighted by atomic mass is 10.0. The van der Waals surface area contributed by atoms with E-state index in [1.807, 2.05) is 21.1 Å². The number of carboxylic acids is 1. The highest BCUT2D eigenvalue weighted by Crippen LogP contribution is 2.17. The van der Waals surface area contributed by atoms with Crippen LogP contribution in [0.25, 0.3) is 0 Å². The van der Waals surface area contributed by atoms with Crippen molar-refractivity contribution in [2.24, 2.45) is 0 Å². The van der Waals surface area contributed by atoms with Crippen LogP contribution < -0.4 is 0 Å². The predicted octanol–water partition coefficient (Wildman–Crippen LogP) is 20.2. The third kappa shape index (κ3) is 63.4. The molecule has 464 valence electrons. The van der Waals surface area contributed by atoms with Crippen LogP contribution in [0.15, 0.2) is 109 Å². The fraction of sp³-hybridized carbons (Fsp3) is 0.708. The Morgan fingerprint density at radius 3 is 1.06 bits per heavy atom. The van der Waals surface area contributed by atoms with Gasteiger partial charge in [-0.15, -0.1) is 0 Å². The van der Waals surface area contributed by atoms with Gasteiger partial charge in [-0.1, -0.05) is 264 Å². The van der Waals surface area contributed by atoms with Gasteiger partial charge in [0.25, 0.3) is 6.29 Å². The first-order valence-corrected chi connectivity index (χ1v) is 33.1. The number of rotatable bonds is 60. The first-order valence-electron chi connectivity index (χ1n) is 33.1. The maximum absolute atomic E-state index is 12.9. The van der Waals surface area contributed by atoms with Gasteiger partial charge in [0, 0.05) is 12.8 Å². The van der Waals surface area contributed by atoms with Crippen molar-refractivity contribution in [2.45, 2.75) is 283 Å². The summed E-state index contributed by atoms with van der Waals surface area (Å²) >= 11 is 0. The van der Waals surface area contributed by atoms with E-state index in [1.165, 1.54) is 148 Å². The molecule has 0 bridgehead atoms. The van der Waals surface area contributed by atoms with E-state index in [0.29, 0.717) is 23.9 Å². The minimum atomic E-state index is -1.53. The van der Waals surface area contributed by atoms with Crippen molar-refractivity contribution in [1.29, 1.82) is 0 Å². The monoisotopic (exact) mass is 1130 g/mol. The number of nitrogens with zero attached hydrogens (tertiary/aromatic N) is 1. The van der Waals surface area contributed by atoms with Crippen molar-refractivity contribution in [2.75, 3.05) is 47.5 Å². The maximum atomic E-state index is 12.9. The molecule has 0 saturated carbocycles. The molecule has 0 spiro atoms. The summed E-state index contributed by atoms with van der Waals surface area (Å²) in [6.45, 7) is 4.72. The average Bonchev–Trinajstić information content (AvgIpc) is 3.44. The summed E-state index contributed by atoms with van der Waals surface area (Å²) in [6.07, 6.45) is 83.4. The van der Waals surface area contributed by atoms with Crippen LogP contribution in [-0.2, 0) is 33.3 Å². The van der Waals surface area contributed by atoms with Gasteiger partial charge < -0.3 is 28.5 Å². The van der Waals surface area contributed by atoms with Crippen LogP contribution in [0.2, 0.25) is 0 Å². The molecule has 0 amide bonds. The number of likely N-dealkylation sites (N-methyl/N-ethyl adjacent to an activating group) is 1. The molecule has 2 unspecified atom stereocenters. The molecule has 0 aromatic carbocycles. The van der Waals surface area contributed by atoms with Crippen LogP contribution in [-0.4, -0.2) is 87.4 Å². The van der Waals surface area contributed by atoms with Crippen LogP contribution in [0, 0.1) is 0 Å². The fourth-order valence-corrected chi connectivity index (χ4v) is 8.97. The smallest absolute Gasteiger partial charge is 0.361 e. The topological polar surface area (TPSA) is 108 Å². The largest absolute Gasteiger partial charge is 0.477 e. The number of carbonyl (C=O) groups is 3. The van der Waals surface area contributed by atoms with Crippen molar-refractivity contribution < 1.29 is 42.9 Å². The van der Waals surface area contributed by atoms with E-state index in [9.17, 15) is 19.5 Å². The summed E-state index contributed by atoms with van der Waals surface area (Å²) in [7, 11) is 5.96. The van der Waals surface area contributed by atoms with Gasteiger partial charge in [-0.3, -0.25) is 9.59 Å². The average molecular weight is 1130 g/mol. The molecule has 0 rings (SSSR count). The number of esters is 2. The maximum Gasteiger partial charge on any atom is 0.361 e. The summed E-state index contributed by atoms with van der Waals surface area (Å²) in [6, 6.07) is 0. The lowest BCUT2D eigenvalue weighted by molar-refractivity contribution is -0.870. The molecule has 9 nitrogen and oxygen atoms in total. The molecule has 0 heterocycles. The molecule has 0 saturated heterocycles. The Hall–Kier alpha value is -4.05. The van der Waals surface area contributed by atoms with Crippen molar-refractivity contribution in [3.63, 3.8) is 0 Å². The molecule has 2 atom stereocenters. The normalized spacial score (nSPS) is 13.4. The second kappa shape index (κ2) is 62.0. The number of carbonyl (C=O) groups excluding carboxylic acids is 2. The standard InChI is InChI=1S/C72H123NO8/c1-6-8-10-12-14-16-18-20-22-24-26-28-30-32-33-34-35-36-37-39-40-42-44-46-48-50-52-54-56-58-60-62-69(74)79-66-68(67-80-72(71(76)77)78-65-64-73(3,4)5)81-70(75)63-61-59-57-55-53-51-49-47-45-43-41-38-31-29-27-25-23-21-19-17-15-13-11-9-7-2/h9,11,15,17-18,20-21,23-24,26-27,29,38,41,45,47,51,53,68,72H,6-8,10,12-14,16,19,22,25,28,30-37,39-40,42-44,46,48-50,52,54-67H2,1-5H3/p+1/b11-9-,17-15-,20-18-,23-21-,26-24-,29-27-,41-38-,47-45-,53-51-.